The number of hydrogen-bond donors (Lipinski definition) is 1. The van der Waals surface area contributed by atoms with Crippen LogP contribution in [0.2, 0.25) is 5.02 Å². The van der Waals surface area contributed by atoms with Gasteiger partial charge < -0.3 is 5.32 Å². The summed E-state index contributed by atoms with van der Waals surface area (Å²) in [6, 6.07) is 8.54. The summed E-state index contributed by atoms with van der Waals surface area (Å²) in [5.41, 5.74) is 2.44. The number of nitrogens with zero attached hydrogens (tertiary/aromatic N) is 2. The van der Waals surface area contributed by atoms with E-state index in [0.717, 1.165) is 36.2 Å². The summed E-state index contributed by atoms with van der Waals surface area (Å²) in [5, 5.41) is 7.57. The summed E-state index contributed by atoms with van der Waals surface area (Å²) in [6.07, 6.45) is 0. The molecule has 1 aliphatic heterocycles. The van der Waals surface area contributed by atoms with Crippen molar-refractivity contribution in [1.29, 1.82) is 0 Å². The van der Waals surface area contributed by atoms with Crippen LogP contribution in [0.3, 0.4) is 0 Å². The SMILES string of the molecule is Cc1nc(CN2CCNCC2c2cccc(Cl)c2)cs1.Cl. The topological polar surface area (TPSA) is 28.2 Å². The Morgan fingerprint density at radius 3 is 3.05 bits per heavy atom. The van der Waals surface area contributed by atoms with Crippen LogP contribution in [0.1, 0.15) is 22.3 Å². The molecule has 1 aromatic heterocycles. The van der Waals surface area contributed by atoms with Crippen molar-refractivity contribution < 1.29 is 0 Å². The van der Waals surface area contributed by atoms with Crippen molar-refractivity contribution in [2.45, 2.75) is 19.5 Å². The van der Waals surface area contributed by atoms with Crippen LogP contribution in [0.15, 0.2) is 29.6 Å². The third kappa shape index (κ3) is 4.18. The van der Waals surface area contributed by atoms with Crippen molar-refractivity contribution in [3.8, 4) is 0 Å². The molecule has 3 rings (SSSR count). The predicted octanol–water partition coefficient (Wildman–Crippen LogP) is 3.67. The minimum absolute atomic E-state index is 0. The zero-order chi connectivity index (χ0) is 13.9. The van der Waals surface area contributed by atoms with Gasteiger partial charge in [0, 0.05) is 42.6 Å². The van der Waals surface area contributed by atoms with Crippen molar-refractivity contribution in [2.24, 2.45) is 0 Å². The molecule has 0 radical (unpaired) electrons. The number of hydrogen-bond acceptors (Lipinski definition) is 4. The highest BCUT2D eigenvalue weighted by Crippen LogP contribution is 2.26. The molecule has 0 spiro atoms. The van der Waals surface area contributed by atoms with Crippen molar-refractivity contribution in [1.82, 2.24) is 15.2 Å². The van der Waals surface area contributed by atoms with Gasteiger partial charge in [-0.25, -0.2) is 4.98 Å². The zero-order valence-corrected chi connectivity index (χ0v) is 14.3. The second kappa shape index (κ2) is 7.56. The summed E-state index contributed by atoms with van der Waals surface area (Å²) >= 11 is 7.84. The molecule has 3 nitrogen and oxygen atoms in total. The van der Waals surface area contributed by atoms with Gasteiger partial charge in [0.2, 0.25) is 0 Å². The van der Waals surface area contributed by atoms with Gasteiger partial charge in [0.15, 0.2) is 0 Å². The molecule has 114 valence electrons. The maximum atomic E-state index is 6.13. The molecule has 1 atom stereocenters. The zero-order valence-electron chi connectivity index (χ0n) is 11.9. The number of piperazine rings is 1. The van der Waals surface area contributed by atoms with Crippen LogP contribution in [0.5, 0.6) is 0 Å². The first-order chi connectivity index (χ1) is 9.72. The maximum Gasteiger partial charge on any atom is 0.0897 e. The third-order valence-electron chi connectivity index (χ3n) is 3.62. The lowest BCUT2D eigenvalue weighted by Gasteiger charge is -2.36. The van der Waals surface area contributed by atoms with E-state index in [-0.39, 0.29) is 12.4 Å². The fraction of sp³-hybridized carbons (Fsp3) is 0.400. The van der Waals surface area contributed by atoms with Crippen molar-refractivity contribution >= 4 is 35.3 Å². The van der Waals surface area contributed by atoms with Gasteiger partial charge in [0.05, 0.1) is 10.7 Å². The number of nitrogens with one attached hydrogen (secondary N) is 1. The summed E-state index contributed by atoms with van der Waals surface area (Å²) in [7, 11) is 0. The van der Waals surface area contributed by atoms with Crippen LogP contribution in [0, 0.1) is 6.92 Å². The smallest absolute Gasteiger partial charge is 0.0897 e. The average molecular weight is 344 g/mol. The molecule has 1 N–H and O–H groups in total. The highest BCUT2D eigenvalue weighted by molar-refractivity contribution is 7.09. The highest BCUT2D eigenvalue weighted by atomic mass is 35.5. The Balaban J connectivity index is 0.00000161. The van der Waals surface area contributed by atoms with E-state index in [4.69, 9.17) is 11.6 Å². The lowest BCUT2D eigenvalue weighted by atomic mass is 10.0. The number of thiazole rings is 1. The Bertz CT molecular complexity index is 588. The van der Waals surface area contributed by atoms with Gasteiger partial charge in [0.1, 0.15) is 0 Å². The largest absolute Gasteiger partial charge is 0.314 e. The maximum absolute atomic E-state index is 6.13. The van der Waals surface area contributed by atoms with Gasteiger partial charge in [-0.1, -0.05) is 23.7 Å². The van der Waals surface area contributed by atoms with Crippen LogP contribution in [0.25, 0.3) is 0 Å². The quantitative estimate of drug-likeness (QED) is 0.921. The Kier molecular flexibility index (Phi) is 6.02. The molecular weight excluding hydrogens is 325 g/mol. The first kappa shape index (κ1) is 16.7. The molecule has 1 unspecified atom stereocenters. The number of aryl methyl sites for hydroxylation is 1. The third-order valence-corrected chi connectivity index (χ3v) is 4.68. The normalized spacial score (nSPS) is 19.2. The molecule has 2 aromatic rings. The average Bonchev–Trinajstić information content (AvgIpc) is 2.85. The second-order valence-electron chi connectivity index (χ2n) is 5.10. The Hall–Kier alpha value is -0.650. The molecule has 0 saturated carbocycles. The fourth-order valence-electron chi connectivity index (χ4n) is 2.67. The standard InChI is InChI=1S/C15H18ClN3S.ClH/c1-11-18-14(10-20-11)9-19-6-5-17-8-15(19)12-3-2-4-13(16)7-12;/h2-4,7,10,15,17H,5-6,8-9H2,1H3;1H. The lowest BCUT2D eigenvalue weighted by Crippen LogP contribution is -2.45. The van der Waals surface area contributed by atoms with Crippen LogP contribution >= 0.6 is 35.3 Å². The molecule has 0 amide bonds. The number of rotatable bonds is 3. The molecule has 2 heterocycles. The van der Waals surface area contributed by atoms with Gasteiger partial charge >= 0.3 is 0 Å². The Morgan fingerprint density at radius 2 is 2.33 bits per heavy atom. The summed E-state index contributed by atoms with van der Waals surface area (Å²) in [5.74, 6) is 0. The van der Waals surface area contributed by atoms with E-state index < -0.39 is 0 Å². The minimum Gasteiger partial charge on any atom is -0.314 e. The predicted molar refractivity (Wildman–Crippen MR) is 91.6 cm³/mol. The second-order valence-corrected chi connectivity index (χ2v) is 6.60. The Labute approximate surface area is 140 Å². The van der Waals surface area contributed by atoms with Crippen LogP contribution < -0.4 is 5.32 Å². The van der Waals surface area contributed by atoms with Crippen LogP contribution in [-0.2, 0) is 6.54 Å². The van der Waals surface area contributed by atoms with Gasteiger partial charge in [0.25, 0.3) is 0 Å². The minimum atomic E-state index is 0. The molecule has 21 heavy (non-hydrogen) atoms. The number of aromatic nitrogens is 1. The van der Waals surface area contributed by atoms with E-state index in [2.05, 4.69) is 39.6 Å². The molecule has 0 bridgehead atoms. The first-order valence-electron chi connectivity index (χ1n) is 6.83. The lowest BCUT2D eigenvalue weighted by molar-refractivity contribution is 0.152. The summed E-state index contributed by atoms with van der Waals surface area (Å²) in [6.45, 7) is 5.99. The molecule has 1 aliphatic rings. The first-order valence-corrected chi connectivity index (χ1v) is 8.09. The molecule has 1 saturated heterocycles. The molecular formula is C15H19Cl2N3S. The van der Waals surface area contributed by atoms with Gasteiger partial charge in [-0.3, -0.25) is 4.90 Å². The van der Waals surface area contributed by atoms with E-state index in [9.17, 15) is 0 Å². The highest BCUT2D eigenvalue weighted by Gasteiger charge is 2.24. The van der Waals surface area contributed by atoms with E-state index in [0.29, 0.717) is 6.04 Å². The van der Waals surface area contributed by atoms with E-state index >= 15 is 0 Å². The van der Waals surface area contributed by atoms with E-state index in [1.807, 2.05) is 12.1 Å². The molecule has 6 heteroatoms. The van der Waals surface area contributed by atoms with Gasteiger partial charge in [-0.15, -0.1) is 23.7 Å². The van der Waals surface area contributed by atoms with Crippen molar-refractivity contribution in [3.63, 3.8) is 0 Å². The van der Waals surface area contributed by atoms with Crippen LogP contribution in [-0.4, -0.2) is 29.5 Å². The van der Waals surface area contributed by atoms with E-state index in [1.54, 1.807) is 11.3 Å². The van der Waals surface area contributed by atoms with Crippen molar-refractivity contribution in [2.75, 3.05) is 19.6 Å². The van der Waals surface area contributed by atoms with Gasteiger partial charge in [-0.05, 0) is 24.6 Å². The summed E-state index contributed by atoms with van der Waals surface area (Å²) in [4.78, 5) is 7.06. The number of halogens is 2. The fourth-order valence-corrected chi connectivity index (χ4v) is 3.47. The molecule has 1 fully saturated rings. The van der Waals surface area contributed by atoms with Crippen LogP contribution in [0.4, 0.5) is 0 Å². The molecule has 0 aliphatic carbocycles. The van der Waals surface area contributed by atoms with E-state index in [1.165, 1.54) is 11.3 Å². The summed E-state index contributed by atoms with van der Waals surface area (Å²) < 4.78 is 0. The number of benzene rings is 1. The van der Waals surface area contributed by atoms with Crippen molar-refractivity contribution in [3.05, 3.63) is 50.9 Å². The van der Waals surface area contributed by atoms with Gasteiger partial charge in [-0.2, -0.15) is 0 Å². The monoisotopic (exact) mass is 343 g/mol. The Morgan fingerprint density at radius 1 is 1.48 bits per heavy atom. The molecule has 1 aromatic carbocycles.